The number of aromatic carboxylic acids is 1. The molecule has 2 aromatic rings. The molecule has 0 aliphatic carbocycles. The fourth-order valence-electron chi connectivity index (χ4n) is 1.68. The summed E-state index contributed by atoms with van der Waals surface area (Å²) in [6.07, 6.45) is 1.28. The zero-order valence-electron chi connectivity index (χ0n) is 10.7. The Labute approximate surface area is 117 Å². The van der Waals surface area contributed by atoms with E-state index in [-0.39, 0.29) is 11.3 Å². The molecule has 1 heterocycles. The van der Waals surface area contributed by atoms with Crippen LogP contribution in [0.4, 0.5) is 10.1 Å². The molecule has 0 atom stereocenters. The first-order chi connectivity index (χ1) is 9.90. The van der Waals surface area contributed by atoms with E-state index >= 15 is 0 Å². The van der Waals surface area contributed by atoms with Crippen molar-refractivity contribution in [3.63, 3.8) is 0 Å². The minimum Gasteiger partial charge on any atom is -0.478 e. The molecule has 0 aliphatic rings. The highest BCUT2D eigenvalue weighted by Gasteiger charge is 2.23. The van der Waals surface area contributed by atoms with Crippen LogP contribution in [0.15, 0.2) is 30.5 Å². The third kappa shape index (κ3) is 2.94. The van der Waals surface area contributed by atoms with Gasteiger partial charge < -0.3 is 9.84 Å². The standard InChI is InChI=1S/C13H9FN2O5/c1-7-4-5-15-12(11(7)16(19)20)21-10-6-8(14)2-3-9(10)13(17)18/h2-6H,1H3,(H,17,18). The van der Waals surface area contributed by atoms with Gasteiger partial charge in [-0.3, -0.25) is 10.1 Å². The van der Waals surface area contributed by atoms with E-state index in [0.717, 1.165) is 18.2 Å². The summed E-state index contributed by atoms with van der Waals surface area (Å²) in [6.45, 7) is 1.48. The van der Waals surface area contributed by atoms with Crippen LogP contribution in [-0.4, -0.2) is 21.0 Å². The number of ether oxygens (including phenoxy) is 1. The SMILES string of the molecule is Cc1ccnc(Oc2cc(F)ccc2C(=O)O)c1[N+](=O)[O-]. The third-order valence-electron chi connectivity index (χ3n) is 2.66. The summed E-state index contributed by atoms with van der Waals surface area (Å²) in [4.78, 5) is 25.1. The number of rotatable bonds is 4. The van der Waals surface area contributed by atoms with E-state index in [9.17, 15) is 19.3 Å². The number of carboxylic acid groups (broad SMARTS) is 1. The van der Waals surface area contributed by atoms with Crippen LogP contribution in [0.1, 0.15) is 15.9 Å². The van der Waals surface area contributed by atoms with Crippen molar-refractivity contribution in [1.29, 1.82) is 0 Å². The number of carbonyl (C=O) groups is 1. The van der Waals surface area contributed by atoms with Gasteiger partial charge in [0.25, 0.3) is 5.88 Å². The first-order valence-corrected chi connectivity index (χ1v) is 5.71. The van der Waals surface area contributed by atoms with Gasteiger partial charge in [0.05, 0.1) is 4.92 Å². The maximum absolute atomic E-state index is 13.2. The van der Waals surface area contributed by atoms with E-state index in [4.69, 9.17) is 9.84 Å². The average molecular weight is 292 g/mol. The van der Waals surface area contributed by atoms with Gasteiger partial charge >= 0.3 is 11.7 Å². The van der Waals surface area contributed by atoms with Gasteiger partial charge in [-0.2, -0.15) is 0 Å². The lowest BCUT2D eigenvalue weighted by molar-refractivity contribution is -0.386. The molecular weight excluding hydrogens is 283 g/mol. The Morgan fingerprint density at radius 3 is 2.76 bits per heavy atom. The lowest BCUT2D eigenvalue weighted by atomic mass is 10.2. The molecular formula is C13H9FN2O5. The van der Waals surface area contributed by atoms with Crippen molar-refractivity contribution >= 4 is 11.7 Å². The number of benzene rings is 1. The van der Waals surface area contributed by atoms with Crippen molar-refractivity contribution in [3.8, 4) is 11.6 Å². The number of nitro groups is 1. The van der Waals surface area contributed by atoms with Gasteiger partial charge in [-0.05, 0) is 25.1 Å². The lowest BCUT2D eigenvalue weighted by Crippen LogP contribution is -2.03. The molecule has 0 radical (unpaired) electrons. The zero-order chi connectivity index (χ0) is 15.6. The predicted molar refractivity (Wildman–Crippen MR) is 69.1 cm³/mol. The van der Waals surface area contributed by atoms with Crippen molar-refractivity contribution < 1.29 is 24.0 Å². The van der Waals surface area contributed by atoms with Crippen LogP contribution >= 0.6 is 0 Å². The molecule has 0 fully saturated rings. The summed E-state index contributed by atoms with van der Waals surface area (Å²) in [5.41, 5.74) is -0.439. The molecule has 21 heavy (non-hydrogen) atoms. The number of nitrogens with zero attached hydrogens (tertiary/aromatic N) is 2. The molecule has 8 heteroatoms. The van der Waals surface area contributed by atoms with Gasteiger partial charge in [0, 0.05) is 17.8 Å². The van der Waals surface area contributed by atoms with Gasteiger partial charge in [-0.25, -0.2) is 14.2 Å². The van der Waals surface area contributed by atoms with Crippen LogP contribution in [0.3, 0.4) is 0 Å². The highest BCUT2D eigenvalue weighted by Crippen LogP contribution is 2.33. The number of aromatic nitrogens is 1. The first kappa shape index (κ1) is 14.4. The van der Waals surface area contributed by atoms with Crippen LogP contribution in [-0.2, 0) is 0 Å². The molecule has 1 aromatic carbocycles. The minimum absolute atomic E-state index is 0.290. The van der Waals surface area contributed by atoms with E-state index in [0.29, 0.717) is 5.56 Å². The fraction of sp³-hybridized carbons (Fsp3) is 0.0769. The van der Waals surface area contributed by atoms with E-state index < -0.39 is 28.3 Å². The van der Waals surface area contributed by atoms with Gasteiger partial charge in [0.15, 0.2) is 0 Å². The number of hydrogen-bond acceptors (Lipinski definition) is 5. The zero-order valence-corrected chi connectivity index (χ0v) is 10.7. The van der Waals surface area contributed by atoms with E-state index in [1.54, 1.807) is 0 Å². The number of halogens is 1. The molecule has 0 saturated heterocycles. The molecule has 2 rings (SSSR count). The first-order valence-electron chi connectivity index (χ1n) is 5.71. The summed E-state index contributed by atoms with van der Waals surface area (Å²) < 4.78 is 18.4. The van der Waals surface area contributed by atoms with Crippen molar-refractivity contribution in [1.82, 2.24) is 4.98 Å². The minimum atomic E-state index is -1.35. The maximum Gasteiger partial charge on any atom is 0.339 e. The molecule has 108 valence electrons. The van der Waals surface area contributed by atoms with Crippen molar-refractivity contribution in [2.24, 2.45) is 0 Å². The average Bonchev–Trinajstić information content (AvgIpc) is 2.37. The predicted octanol–water partition coefficient (Wildman–Crippen LogP) is 2.93. The Kier molecular flexibility index (Phi) is 3.79. The highest BCUT2D eigenvalue weighted by atomic mass is 19.1. The topological polar surface area (TPSA) is 103 Å². The summed E-state index contributed by atoms with van der Waals surface area (Å²) in [5.74, 6) is -2.83. The van der Waals surface area contributed by atoms with Crippen LogP contribution < -0.4 is 4.74 Å². The fourth-order valence-corrected chi connectivity index (χ4v) is 1.68. The van der Waals surface area contributed by atoms with Crippen LogP contribution in [0.25, 0.3) is 0 Å². The molecule has 1 N–H and O–H groups in total. The summed E-state index contributed by atoms with van der Waals surface area (Å²) in [5, 5.41) is 20.0. The number of hydrogen-bond donors (Lipinski definition) is 1. The quantitative estimate of drug-likeness (QED) is 0.686. The Morgan fingerprint density at radius 1 is 1.43 bits per heavy atom. The molecule has 0 bridgehead atoms. The van der Waals surface area contributed by atoms with Crippen LogP contribution in [0.5, 0.6) is 11.6 Å². The third-order valence-corrected chi connectivity index (χ3v) is 2.66. The van der Waals surface area contributed by atoms with Crippen molar-refractivity contribution in [2.75, 3.05) is 0 Å². The molecule has 0 unspecified atom stereocenters. The molecule has 0 aliphatic heterocycles. The molecule has 0 spiro atoms. The Morgan fingerprint density at radius 2 is 2.14 bits per heavy atom. The second-order valence-corrected chi connectivity index (χ2v) is 4.09. The molecule has 0 saturated carbocycles. The van der Waals surface area contributed by atoms with Crippen molar-refractivity contribution in [3.05, 3.63) is 57.5 Å². The summed E-state index contributed by atoms with van der Waals surface area (Å²) >= 11 is 0. The molecule has 0 amide bonds. The number of carboxylic acids is 1. The smallest absolute Gasteiger partial charge is 0.339 e. The Balaban J connectivity index is 2.53. The van der Waals surface area contributed by atoms with Gasteiger partial charge in [-0.15, -0.1) is 0 Å². The largest absolute Gasteiger partial charge is 0.478 e. The monoisotopic (exact) mass is 292 g/mol. The maximum atomic E-state index is 13.2. The van der Waals surface area contributed by atoms with Gasteiger partial charge in [-0.1, -0.05) is 0 Å². The number of pyridine rings is 1. The van der Waals surface area contributed by atoms with E-state index in [1.165, 1.54) is 19.2 Å². The highest BCUT2D eigenvalue weighted by molar-refractivity contribution is 5.91. The molecule has 1 aromatic heterocycles. The number of aryl methyl sites for hydroxylation is 1. The van der Waals surface area contributed by atoms with Gasteiger partial charge in [0.2, 0.25) is 0 Å². The second kappa shape index (κ2) is 5.53. The Hall–Kier alpha value is -3.03. The van der Waals surface area contributed by atoms with E-state index in [2.05, 4.69) is 4.98 Å². The van der Waals surface area contributed by atoms with E-state index in [1.807, 2.05) is 0 Å². The van der Waals surface area contributed by atoms with Crippen LogP contribution in [0.2, 0.25) is 0 Å². The normalized spacial score (nSPS) is 10.2. The van der Waals surface area contributed by atoms with Gasteiger partial charge in [0.1, 0.15) is 17.1 Å². The summed E-state index contributed by atoms with van der Waals surface area (Å²) in [7, 11) is 0. The van der Waals surface area contributed by atoms with Crippen molar-refractivity contribution in [2.45, 2.75) is 6.92 Å². The molecule has 7 nitrogen and oxygen atoms in total. The Bertz CT molecular complexity index is 732. The lowest BCUT2D eigenvalue weighted by Gasteiger charge is -2.09. The second-order valence-electron chi connectivity index (χ2n) is 4.09. The summed E-state index contributed by atoms with van der Waals surface area (Å²) in [6, 6.07) is 4.20. The van der Waals surface area contributed by atoms with Crippen LogP contribution in [0, 0.1) is 22.9 Å².